The van der Waals surface area contributed by atoms with E-state index in [0.29, 0.717) is 26.2 Å². The van der Waals surface area contributed by atoms with Gasteiger partial charge < -0.3 is 24.4 Å². The number of methoxy groups -OCH3 is 3. The Kier molecular flexibility index (Phi) is 8.32. The fraction of sp³-hybridized carbons (Fsp3) is 0.562. The Morgan fingerprint density at radius 1 is 1.23 bits per heavy atom. The summed E-state index contributed by atoms with van der Waals surface area (Å²) >= 11 is 0. The van der Waals surface area contributed by atoms with Crippen LogP contribution in [0.3, 0.4) is 0 Å². The van der Waals surface area contributed by atoms with Gasteiger partial charge in [-0.15, -0.1) is 0 Å². The minimum Gasteiger partial charge on any atom is -0.497 e. The van der Waals surface area contributed by atoms with Crippen molar-refractivity contribution < 1.29 is 23.9 Å². The Morgan fingerprint density at radius 3 is 2.64 bits per heavy atom. The molecular formula is C16H27N2O4+. The van der Waals surface area contributed by atoms with Gasteiger partial charge in [-0.25, -0.2) is 0 Å². The molecule has 1 rings (SSSR count). The molecule has 2 N–H and O–H groups in total. The molecule has 0 aliphatic carbocycles. The second kappa shape index (κ2) is 10.0. The van der Waals surface area contributed by atoms with E-state index in [2.05, 4.69) is 5.32 Å². The predicted molar refractivity (Wildman–Crippen MR) is 84.5 cm³/mol. The highest BCUT2D eigenvalue weighted by atomic mass is 16.5. The molecule has 6 nitrogen and oxygen atoms in total. The van der Waals surface area contributed by atoms with Crippen molar-refractivity contribution in [1.29, 1.82) is 0 Å². The number of carbonyl (C=O) groups is 1. The van der Waals surface area contributed by atoms with Crippen LogP contribution in [0, 0.1) is 0 Å². The van der Waals surface area contributed by atoms with Gasteiger partial charge in [-0.05, 0) is 18.6 Å². The highest BCUT2D eigenvalue weighted by Gasteiger charge is 2.13. The molecule has 0 aliphatic heterocycles. The molecule has 0 radical (unpaired) electrons. The number of benzene rings is 1. The average Bonchev–Trinajstić information content (AvgIpc) is 2.51. The van der Waals surface area contributed by atoms with Gasteiger partial charge in [0, 0.05) is 31.9 Å². The van der Waals surface area contributed by atoms with Gasteiger partial charge in [0.05, 0.1) is 21.3 Å². The molecule has 0 bridgehead atoms. The van der Waals surface area contributed by atoms with Gasteiger partial charge in [-0.2, -0.15) is 0 Å². The number of hydrogen-bond acceptors (Lipinski definition) is 4. The Hall–Kier alpha value is -1.79. The van der Waals surface area contributed by atoms with E-state index < -0.39 is 0 Å². The van der Waals surface area contributed by atoms with Gasteiger partial charge in [0.1, 0.15) is 18.0 Å². The summed E-state index contributed by atoms with van der Waals surface area (Å²) < 4.78 is 15.5. The maximum absolute atomic E-state index is 11.8. The number of carbonyl (C=O) groups excluding carboxylic acids is 1. The summed E-state index contributed by atoms with van der Waals surface area (Å²) in [5.41, 5.74) is 1.05. The zero-order valence-corrected chi connectivity index (χ0v) is 13.9. The van der Waals surface area contributed by atoms with Gasteiger partial charge in [0.2, 0.25) is 0 Å². The zero-order valence-electron chi connectivity index (χ0n) is 13.9. The molecule has 1 aromatic carbocycles. The van der Waals surface area contributed by atoms with Crippen LogP contribution in [0.2, 0.25) is 0 Å². The molecule has 0 saturated heterocycles. The molecular weight excluding hydrogens is 284 g/mol. The number of nitrogens with one attached hydrogen (secondary N) is 2. The first-order valence-electron chi connectivity index (χ1n) is 7.38. The zero-order chi connectivity index (χ0) is 16.4. The molecule has 1 unspecified atom stereocenters. The van der Waals surface area contributed by atoms with E-state index in [1.54, 1.807) is 21.3 Å². The molecule has 124 valence electrons. The molecule has 6 heteroatoms. The first kappa shape index (κ1) is 18.3. The summed E-state index contributed by atoms with van der Waals surface area (Å²) in [4.78, 5) is 12.9. The summed E-state index contributed by atoms with van der Waals surface area (Å²) in [6.45, 7) is 2.43. The lowest BCUT2D eigenvalue weighted by atomic mass is 10.2. The molecule has 1 atom stereocenters. The number of hydrogen-bond donors (Lipinski definition) is 2. The van der Waals surface area contributed by atoms with Crippen molar-refractivity contribution in [2.75, 3.05) is 48.1 Å². The van der Waals surface area contributed by atoms with Crippen LogP contribution >= 0.6 is 0 Å². The third kappa shape index (κ3) is 6.32. The average molecular weight is 311 g/mol. The lowest BCUT2D eigenvalue weighted by molar-refractivity contribution is -0.885. The fourth-order valence-corrected chi connectivity index (χ4v) is 2.17. The van der Waals surface area contributed by atoms with Crippen molar-refractivity contribution >= 4 is 5.91 Å². The van der Waals surface area contributed by atoms with Crippen molar-refractivity contribution in [2.45, 2.75) is 13.0 Å². The van der Waals surface area contributed by atoms with Crippen molar-refractivity contribution in [2.24, 2.45) is 0 Å². The lowest BCUT2D eigenvalue weighted by Gasteiger charge is -2.16. The van der Waals surface area contributed by atoms with Gasteiger partial charge in [-0.1, -0.05) is 0 Å². The number of amides is 1. The third-order valence-electron chi connectivity index (χ3n) is 3.30. The number of quaternary nitrogens is 1. The van der Waals surface area contributed by atoms with Crippen LogP contribution in [-0.2, 0) is 16.1 Å². The van der Waals surface area contributed by atoms with Gasteiger partial charge in [0.25, 0.3) is 5.91 Å². The van der Waals surface area contributed by atoms with Crippen molar-refractivity contribution in [3.63, 3.8) is 0 Å². The van der Waals surface area contributed by atoms with E-state index in [1.165, 1.54) is 0 Å². The molecule has 0 fully saturated rings. The second-order valence-corrected chi connectivity index (χ2v) is 5.18. The topological polar surface area (TPSA) is 61.2 Å². The molecule has 0 aliphatic rings. The van der Waals surface area contributed by atoms with E-state index >= 15 is 0 Å². The molecule has 1 aromatic rings. The molecule has 22 heavy (non-hydrogen) atoms. The van der Waals surface area contributed by atoms with Crippen LogP contribution in [-0.4, -0.2) is 54.0 Å². The SMILES string of the molecule is COCCCNC(=O)C[NH+](C)Cc1ccc(OC)cc1OC. The predicted octanol–water partition coefficient (Wildman–Crippen LogP) is -0.129. The van der Waals surface area contributed by atoms with Crippen molar-refractivity contribution in [3.05, 3.63) is 23.8 Å². The first-order chi connectivity index (χ1) is 10.6. The molecule has 0 spiro atoms. The van der Waals surface area contributed by atoms with E-state index in [-0.39, 0.29) is 5.91 Å². The van der Waals surface area contributed by atoms with Crippen LogP contribution in [0.15, 0.2) is 18.2 Å². The maximum Gasteiger partial charge on any atom is 0.275 e. The van der Waals surface area contributed by atoms with Crippen LogP contribution < -0.4 is 19.7 Å². The van der Waals surface area contributed by atoms with Crippen LogP contribution in [0.5, 0.6) is 11.5 Å². The van der Waals surface area contributed by atoms with E-state index in [0.717, 1.165) is 28.4 Å². The maximum atomic E-state index is 11.8. The minimum atomic E-state index is 0.0427. The summed E-state index contributed by atoms with van der Waals surface area (Å²) in [5, 5.41) is 2.89. The number of likely N-dealkylation sites (N-methyl/N-ethyl adjacent to an activating group) is 1. The Morgan fingerprint density at radius 2 is 2.00 bits per heavy atom. The lowest BCUT2D eigenvalue weighted by Crippen LogP contribution is -3.08. The Labute approximate surface area is 132 Å². The summed E-state index contributed by atoms with van der Waals surface area (Å²) in [6, 6.07) is 5.72. The van der Waals surface area contributed by atoms with E-state index in [9.17, 15) is 4.79 Å². The summed E-state index contributed by atoms with van der Waals surface area (Å²) in [7, 11) is 6.90. The number of ether oxygens (including phenoxy) is 3. The van der Waals surface area contributed by atoms with Crippen molar-refractivity contribution in [3.8, 4) is 11.5 Å². The van der Waals surface area contributed by atoms with Crippen LogP contribution in [0.1, 0.15) is 12.0 Å². The second-order valence-electron chi connectivity index (χ2n) is 5.18. The van der Waals surface area contributed by atoms with Crippen molar-refractivity contribution in [1.82, 2.24) is 5.32 Å². The molecule has 0 aromatic heterocycles. The highest BCUT2D eigenvalue weighted by molar-refractivity contribution is 5.76. The van der Waals surface area contributed by atoms with Gasteiger partial charge in [0.15, 0.2) is 6.54 Å². The summed E-state index contributed by atoms with van der Waals surface area (Å²) in [5.74, 6) is 1.58. The van der Waals surface area contributed by atoms with E-state index in [4.69, 9.17) is 14.2 Å². The Bertz CT molecular complexity index is 465. The van der Waals surface area contributed by atoms with Gasteiger partial charge in [-0.3, -0.25) is 4.79 Å². The molecule has 1 amide bonds. The van der Waals surface area contributed by atoms with E-state index in [1.807, 2.05) is 25.2 Å². The first-order valence-corrected chi connectivity index (χ1v) is 7.38. The number of rotatable bonds is 10. The largest absolute Gasteiger partial charge is 0.497 e. The van der Waals surface area contributed by atoms with Crippen LogP contribution in [0.4, 0.5) is 0 Å². The quantitative estimate of drug-likeness (QED) is 0.591. The smallest absolute Gasteiger partial charge is 0.275 e. The summed E-state index contributed by atoms with van der Waals surface area (Å²) in [6.07, 6.45) is 0.827. The Balaban J connectivity index is 2.47. The monoisotopic (exact) mass is 311 g/mol. The third-order valence-corrected chi connectivity index (χ3v) is 3.30. The fourth-order valence-electron chi connectivity index (χ4n) is 2.17. The minimum absolute atomic E-state index is 0.0427. The standard InChI is InChI=1S/C16H26N2O4/c1-18(12-16(19)17-8-5-9-20-2)11-13-6-7-14(21-3)10-15(13)22-4/h6-7,10H,5,8-9,11-12H2,1-4H3,(H,17,19)/p+1. The molecule has 0 heterocycles. The van der Waals surface area contributed by atoms with Crippen LogP contribution in [0.25, 0.3) is 0 Å². The molecule has 0 saturated carbocycles. The van der Waals surface area contributed by atoms with Gasteiger partial charge >= 0.3 is 0 Å². The highest BCUT2D eigenvalue weighted by Crippen LogP contribution is 2.23. The normalized spacial score (nSPS) is 11.8.